The van der Waals surface area contributed by atoms with E-state index in [4.69, 9.17) is 9.97 Å². The summed E-state index contributed by atoms with van der Waals surface area (Å²) in [5.74, 6) is 2.36. The van der Waals surface area contributed by atoms with E-state index >= 15 is 0 Å². The molecule has 3 aliphatic rings. The summed E-state index contributed by atoms with van der Waals surface area (Å²) in [6.07, 6.45) is 5.65. The molecule has 3 aliphatic heterocycles. The summed E-state index contributed by atoms with van der Waals surface area (Å²) in [5, 5.41) is 3.67. The summed E-state index contributed by atoms with van der Waals surface area (Å²) < 4.78 is 0. The lowest BCUT2D eigenvalue weighted by molar-refractivity contribution is -0.129. The van der Waals surface area contributed by atoms with Gasteiger partial charge in [-0.25, -0.2) is 9.97 Å². The molecule has 7 nitrogen and oxygen atoms in total. The highest BCUT2D eigenvalue weighted by Crippen LogP contribution is 2.31. The Hall–Kier alpha value is -2.67. The Morgan fingerprint density at radius 1 is 1.09 bits per heavy atom. The van der Waals surface area contributed by atoms with Crippen molar-refractivity contribution < 1.29 is 4.79 Å². The van der Waals surface area contributed by atoms with Crippen LogP contribution in [0, 0.1) is 0 Å². The molecule has 0 aliphatic carbocycles. The second kappa shape index (κ2) is 9.67. The molecule has 2 aromatic rings. The number of nitrogens with one attached hydrogen (secondary N) is 1. The molecule has 1 amide bonds. The van der Waals surface area contributed by atoms with Crippen LogP contribution in [0.4, 0.5) is 11.5 Å². The minimum atomic E-state index is 0.115. The quantitative estimate of drug-likeness (QED) is 0.756. The van der Waals surface area contributed by atoms with E-state index in [9.17, 15) is 4.79 Å². The zero-order valence-corrected chi connectivity index (χ0v) is 20.0. The summed E-state index contributed by atoms with van der Waals surface area (Å²) >= 11 is 0. The number of nitrogens with zero attached hydrogens (tertiary/aromatic N) is 5. The minimum Gasteiger partial charge on any atom is -0.371 e. The molecule has 2 saturated heterocycles. The minimum absolute atomic E-state index is 0.115. The average Bonchev–Trinajstić information content (AvgIpc) is 3.37. The number of para-hydroxylation sites is 1. The van der Waals surface area contributed by atoms with Crippen molar-refractivity contribution in [3.05, 3.63) is 46.9 Å². The van der Waals surface area contributed by atoms with Crippen LogP contribution in [-0.4, -0.2) is 65.4 Å². The van der Waals surface area contributed by atoms with E-state index in [2.05, 4.69) is 46.4 Å². The topological polar surface area (TPSA) is 64.6 Å². The van der Waals surface area contributed by atoms with E-state index < -0.39 is 0 Å². The first-order valence-electron chi connectivity index (χ1n) is 12.5. The third-order valence-electron chi connectivity index (χ3n) is 7.40. The first-order chi connectivity index (χ1) is 16.1. The van der Waals surface area contributed by atoms with Gasteiger partial charge in [-0.15, -0.1) is 0 Å². The monoisotopic (exact) mass is 448 g/mol. The average molecular weight is 449 g/mol. The molecule has 1 aromatic carbocycles. The van der Waals surface area contributed by atoms with Crippen molar-refractivity contribution in [1.82, 2.24) is 19.8 Å². The highest BCUT2D eigenvalue weighted by molar-refractivity contribution is 5.74. The normalized spacial score (nSPS) is 21.2. The Kier molecular flexibility index (Phi) is 6.49. The molecule has 0 saturated carbocycles. The predicted octanol–water partition coefficient (Wildman–Crippen LogP) is 3.40. The number of hydrogen-bond acceptors (Lipinski definition) is 6. The number of rotatable bonds is 5. The second-order valence-corrected chi connectivity index (χ2v) is 9.82. The summed E-state index contributed by atoms with van der Waals surface area (Å²) in [6.45, 7) is 8.12. The van der Waals surface area contributed by atoms with Crippen LogP contribution in [0.3, 0.4) is 0 Å². The van der Waals surface area contributed by atoms with Crippen molar-refractivity contribution in [2.45, 2.75) is 58.0 Å². The standard InChI is InChI=1S/C26H36N6O/c1-19(33)32-15-11-23-22(18-32)26(29-25(28-23)21-9-7-12-30(2)17-21)27-16-20-8-3-4-10-24(20)31-13-5-6-14-31/h3-4,8,10,21H,5-7,9,11-18H2,1-2H3,(H,27,28,29)/t21-/m1/s1. The Balaban J connectivity index is 1.44. The molecule has 1 aromatic heterocycles. The van der Waals surface area contributed by atoms with E-state index in [0.29, 0.717) is 12.5 Å². The number of carbonyl (C=O) groups is 1. The van der Waals surface area contributed by atoms with Gasteiger partial charge in [0.15, 0.2) is 0 Å². The van der Waals surface area contributed by atoms with E-state index in [0.717, 1.165) is 75.0 Å². The smallest absolute Gasteiger partial charge is 0.219 e. The largest absolute Gasteiger partial charge is 0.371 e. The maximum Gasteiger partial charge on any atom is 0.219 e. The molecule has 1 atom stereocenters. The van der Waals surface area contributed by atoms with Gasteiger partial charge in [0.2, 0.25) is 5.91 Å². The molecular formula is C26H36N6O. The number of likely N-dealkylation sites (N-methyl/N-ethyl adjacent to an activating group) is 1. The van der Waals surface area contributed by atoms with Crippen molar-refractivity contribution >= 4 is 17.4 Å². The number of fused-ring (bicyclic) bond motifs is 1. The number of piperidine rings is 1. The third kappa shape index (κ3) is 4.83. The molecule has 4 heterocycles. The van der Waals surface area contributed by atoms with Gasteiger partial charge in [0.05, 0.1) is 12.2 Å². The van der Waals surface area contributed by atoms with Crippen molar-refractivity contribution in [3.8, 4) is 0 Å². The van der Waals surface area contributed by atoms with Crippen LogP contribution in [0.25, 0.3) is 0 Å². The van der Waals surface area contributed by atoms with E-state index in [1.165, 1.54) is 30.5 Å². The zero-order valence-electron chi connectivity index (χ0n) is 20.0. The fourth-order valence-electron chi connectivity index (χ4n) is 5.51. The van der Waals surface area contributed by atoms with Gasteiger partial charge in [-0.05, 0) is 50.9 Å². The molecule has 7 heteroatoms. The Morgan fingerprint density at radius 2 is 1.91 bits per heavy atom. The Labute approximate surface area is 197 Å². The van der Waals surface area contributed by atoms with Crippen LogP contribution in [0.5, 0.6) is 0 Å². The van der Waals surface area contributed by atoms with Crippen LogP contribution in [-0.2, 0) is 24.3 Å². The van der Waals surface area contributed by atoms with Gasteiger partial charge in [-0.3, -0.25) is 4.79 Å². The number of hydrogen-bond donors (Lipinski definition) is 1. The lowest BCUT2D eigenvalue weighted by Gasteiger charge is -2.32. The summed E-state index contributed by atoms with van der Waals surface area (Å²) in [6, 6.07) is 8.70. The number of anilines is 2. The molecule has 33 heavy (non-hydrogen) atoms. The lowest BCUT2D eigenvalue weighted by Crippen LogP contribution is -2.36. The Morgan fingerprint density at radius 3 is 2.70 bits per heavy atom. The summed E-state index contributed by atoms with van der Waals surface area (Å²) in [7, 11) is 2.18. The molecule has 1 N–H and O–H groups in total. The fraction of sp³-hybridized carbons (Fsp3) is 0.577. The van der Waals surface area contributed by atoms with Crippen LogP contribution < -0.4 is 10.2 Å². The third-order valence-corrected chi connectivity index (χ3v) is 7.40. The van der Waals surface area contributed by atoms with Gasteiger partial charge in [0.25, 0.3) is 0 Å². The van der Waals surface area contributed by atoms with Gasteiger partial charge >= 0.3 is 0 Å². The van der Waals surface area contributed by atoms with Gasteiger partial charge in [0, 0.05) is 63.2 Å². The lowest BCUT2D eigenvalue weighted by atomic mass is 9.96. The van der Waals surface area contributed by atoms with Gasteiger partial charge in [-0.2, -0.15) is 0 Å². The maximum absolute atomic E-state index is 12.1. The molecular weight excluding hydrogens is 412 g/mol. The van der Waals surface area contributed by atoms with Crippen LogP contribution in [0.2, 0.25) is 0 Å². The maximum atomic E-state index is 12.1. The van der Waals surface area contributed by atoms with Gasteiger partial charge in [-0.1, -0.05) is 18.2 Å². The molecule has 5 rings (SSSR count). The van der Waals surface area contributed by atoms with E-state index in [-0.39, 0.29) is 5.91 Å². The number of amides is 1. The molecule has 0 bridgehead atoms. The summed E-state index contributed by atoms with van der Waals surface area (Å²) in [4.78, 5) is 29.0. The number of carbonyl (C=O) groups excluding carboxylic acids is 1. The van der Waals surface area contributed by atoms with Crippen molar-refractivity contribution in [2.75, 3.05) is 50.0 Å². The zero-order chi connectivity index (χ0) is 22.8. The van der Waals surface area contributed by atoms with Gasteiger partial charge < -0.3 is 20.0 Å². The second-order valence-electron chi connectivity index (χ2n) is 9.82. The van der Waals surface area contributed by atoms with Gasteiger partial charge in [0.1, 0.15) is 11.6 Å². The first-order valence-corrected chi connectivity index (χ1v) is 12.5. The molecule has 0 radical (unpaired) electrons. The fourth-order valence-corrected chi connectivity index (χ4v) is 5.51. The molecule has 0 spiro atoms. The predicted molar refractivity (Wildman–Crippen MR) is 132 cm³/mol. The highest BCUT2D eigenvalue weighted by Gasteiger charge is 2.28. The number of benzene rings is 1. The molecule has 176 valence electrons. The van der Waals surface area contributed by atoms with Crippen molar-refractivity contribution in [3.63, 3.8) is 0 Å². The SMILES string of the molecule is CC(=O)N1CCc2nc([C@@H]3CCCN(C)C3)nc(NCc3ccccc3N3CCCC3)c2C1. The Bertz CT molecular complexity index is 1000. The van der Waals surface area contributed by atoms with Crippen LogP contribution in [0.1, 0.15) is 61.2 Å². The van der Waals surface area contributed by atoms with E-state index in [1.54, 1.807) is 6.92 Å². The number of likely N-dealkylation sites (tertiary alicyclic amines) is 1. The van der Waals surface area contributed by atoms with E-state index in [1.807, 2.05) is 4.90 Å². The molecule has 0 unspecified atom stereocenters. The van der Waals surface area contributed by atoms with Crippen molar-refractivity contribution in [2.24, 2.45) is 0 Å². The first kappa shape index (κ1) is 22.1. The van der Waals surface area contributed by atoms with Crippen molar-refractivity contribution in [1.29, 1.82) is 0 Å². The number of aromatic nitrogens is 2. The summed E-state index contributed by atoms with van der Waals surface area (Å²) in [5.41, 5.74) is 4.82. The highest BCUT2D eigenvalue weighted by atomic mass is 16.2. The van der Waals surface area contributed by atoms with Crippen LogP contribution in [0.15, 0.2) is 24.3 Å². The van der Waals surface area contributed by atoms with Crippen LogP contribution >= 0.6 is 0 Å². The molecule has 2 fully saturated rings.